The summed E-state index contributed by atoms with van der Waals surface area (Å²) in [6, 6.07) is 7.90. The lowest BCUT2D eigenvalue weighted by Gasteiger charge is -2.11. The van der Waals surface area contributed by atoms with Gasteiger partial charge in [-0.05, 0) is 42.3 Å². The summed E-state index contributed by atoms with van der Waals surface area (Å²) in [5, 5.41) is 2.62. The Morgan fingerprint density at radius 2 is 2.06 bits per heavy atom. The first kappa shape index (κ1) is 13.5. The molecule has 0 saturated heterocycles. The molecule has 0 aliphatic heterocycles. The van der Waals surface area contributed by atoms with Crippen LogP contribution in [0.25, 0.3) is 10.1 Å². The fraction of sp³-hybridized carbons (Fsp3) is 0.385. The highest BCUT2D eigenvalue weighted by Crippen LogP contribution is 2.28. The summed E-state index contributed by atoms with van der Waals surface area (Å²) in [7, 11) is -3.11. The molecular formula is C13H17NO2S2. The predicted molar refractivity (Wildman–Crippen MR) is 77.6 cm³/mol. The van der Waals surface area contributed by atoms with Crippen LogP contribution < -0.4 is 5.73 Å². The lowest BCUT2D eigenvalue weighted by atomic mass is 10.2. The van der Waals surface area contributed by atoms with E-state index in [9.17, 15) is 8.42 Å². The number of benzene rings is 1. The van der Waals surface area contributed by atoms with Crippen LogP contribution >= 0.6 is 11.3 Å². The average Bonchev–Trinajstić information content (AvgIpc) is 2.73. The molecule has 0 amide bonds. The molecule has 0 spiro atoms. The van der Waals surface area contributed by atoms with Gasteiger partial charge in [-0.2, -0.15) is 0 Å². The monoisotopic (exact) mass is 283 g/mol. The molecule has 0 aliphatic carbocycles. The zero-order valence-corrected chi connectivity index (χ0v) is 11.9. The smallest absolute Gasteiger partial charge is 0.157 e. The molecule has 98 valence electrons. The molecule has 5 heteroatoms. The highest BCUT2D eigenvalue weighted by atomic mass is 32.2. The quantitative estimate of drug-likeness (QED) is 0.917. The molecule has 1 heterocycles. The van der Waals surface area contributed by atoms with E-state index in [1.54, 1.807) is 18.3 Å². The Morgan fingerprint density at radius 1 is 1.33 bits per heavy atom. The zero-order valence-electron chi connectivity index (χ0n) is 10.3. The predicted octanol–water partition coefficient (Wildman–Crippen LogP) is 2.55. The standard InChI is InChI=1S/C13H17NO2S2/c1-10(6-7-14)18(15,16)9-11-8-17-13-5-3-2-4-12(11)13/h2-5,8,10H,6-7,9,14H2,1H3. The molecule has 0 aliphatic rings. The molecule has 0 saturated carbocycles. The van der Waals surface area contributed by atoms with Gasteiger partial charge in [-0.3, -0.25) is 0 Å². The van der Waals surface area contributed by atoms with Crippen LogP contribution in [-0.4, -0.2) is 20.2 Å². The summed E-state index contributed by atoms with van der Waals surface area (Å²) in [6.07, 6.45) is 0.518. The van der Waals surface area contributed by atoms with Gasteiger partial charge < -0.3 is 5.73 Å². The van der Waals surface area contributed by atoms with Gasteiger partial charge >= 0.3 is 0 Å². The van der Waals surface area contributed by atoms with Gasteiger partial charge in [-0.15, -0.1) is 11.3 Å². The Balaban J connectivity index is 2.29. The summed E-state index contributed by atoms with van der Waals surface area (Å²) < 4.78 is 25.5. The first-order chi connectivity index (χ1) is 8.54. The number of thiophene rings is 1. The number of hydrogen-bond acceptors (Lipinski definition) is 4. The fourth-order valence-electron chi connectivity index (χ4n) is 1.92. The van der Waals surface area contributed by atoms with Crippen molar-refractivity contribution in [2.24, 2.45) is 5.73 Å². The van der Waals surface area contributed by atoms with E-state index in [0.29, 0.717) is 13.0 Å². The van der Waals surface area contributed by atoms with E-state index >= 15 is 0 Å². The molecule has 2 aromatic rings. The van der Waals surface area contributed by atoms with Crippen molar-refractivity contribution in [3.63, 3.8) is 0 Å². The number of fused-ring (bicyclic) bond motifs is 1. The van der Waals surface area contributed by atoms with Crippen LogP contribution in [0.4, 0.5) is 0 Å². The van der Waals surface area contributed by atoms with E-state index in [-0.39, 0.29) is 11.0 Å². The van der Waals surface area contributed by atoms with Crippen molar-refractivity contribution in [3.8, 4) is 0 Å². The van der Waals surface area contributed by atoms with Crippen molar-refractivity contribution >= 4 is 31.3 Å². The van der Waals surface area contributed by atoms with Crippen molar-refractivity contribution in [3.05, 3.63) is 35.2 Å². The maximum absolute atomic E-state index is 12.2. The minimum absolute atomic E-state index is 0.109. The maximum Gasteiger partial charge on any atom is 0.157 e. The van der Waals surface area contributed by atoms with Crippen LogP contribution in [0, 0.1) is 0 Å². The Labute approximate surface area is 112 Å². The van der Waals surface area contributed by atoms with Gasteiger partial charge in [0.05, 0.1) is 11.0 Å². The van der Waals surface area contributed by atoms with Crippen molar-refractivity contribution in [2.75, 3.05) is 6.54 Å². The molecule has 1 aromatic carbocycles. The lowest BCUT2D eigenvalue weighted by Crippen LogP contribution is -2.22. The minimum Gasteiger partial charge on any atom is -0.330 e. The lowest BCUT2D eigenvalue weighted by molar-refractivity contribution is 0.577. The van der Waals surface area contributed by atoms with Gasteiger partial charge in [0.2, 0.25) is 0 Å². The fourth-order valence-corrected chi connectivity index (χ4v) is 4.44. The summed E-state index contributed by atoms with van der Waals surface area (Å²) in [5.41, 5.74) is 6.33. The third kappa shape index (κ3) is 2.74. The number of nitrogens with two attached hydrogens (primary N) is 1. The molecule has 0 radical (unpaired) electrons. The summed E-state index contributed by atoms with van der Waals surface area (Å²) in [5.74, 6) is 0.109. The molecule has 2 N–H and O–H groups in total. The highest BCUT2D eigenvalue weighted by Gasteiger charge is 2.21. The second-order valence-electron chi connectivity index (χ2n) is 4.45. The molecule has 18 heavy (non-hydrogen) atoms. The van der Waals surface area contributed by atoms with Gasteiger partial charge in [0.1, 0.15) is 0 Å². The largest absolute Gasteiger partial charge is 0.330 e. The third-order valence-electron chi connectivity index (χ3n) is 3.10. The second kappa shape index (κ2) is 5.38. The molecule has 1 unspecified atom stereocenters. The topological polar surface area (TPSA) is 60.2 Å². The maximum atomic E-state index is 12.2. The van der Waals surface area contributed by atoms with Gasteiger partial charge in [0.15, 0.2) is 9.84 Å². The van der Waals surface area contributed by atoms with Crippen molar-refractivity contribution < 1.29 is 8.42 Å². The van der Waals surface area contributed by atoms with Gasteiger partial charge in [-0.25, -0.2) is 8.42 Å². The molecule has 1 aromatic heterocycles. The molecule has 1 atom stereocenters. The SMILES string of the molecule is CC(CCN)S(=O)(=O)Cc1csc2ccccc12. The van der Waals surface area contributed by atoms with E-state index in [2.05, 4.69) is 0 Å². The van der Waals surface area contributed by atoms with Crippen LogP contribution in [0.2, 0.25) is 0 Å². The third-order valence-corrected chi connectivity index (χ3v) is 6.29. The molecule has 0 fully saturated rings. The van der Waals surface area contributed by atoms with Crippen LogP contribution in [0.3, 0.4) is 0 Å². The van der Waals surface area contributed by atoms with Crippen molar-refractivity contribution in [1.82, 2.24) is 0 Å². The van der Waals surface area contributed by atoms with Crippen LogP contribution in [0.5, 0.6) is 0 Å². The van der Waals surface area contributed by atoms with Crippen LogP contribution in [0.15, 0.2) is 29.6 Å². The number of hydrogen-bond donors (Lipinski definition) is 1. The van der Waals surface area contributed by atoms with Gasteiger partial charge in [-0.1, -0.05) is 18.2 Å². The van der Waals surface area contributed by atoms with E-state index in [4.69, 9.17) is 5.73 Å². The Hall–Kier alpha value is -0.910. The first-order valence-electron chi connectivity index (χ1n) is 5.91. The van der Waals surface area contributed by atoms with Gasteiger partial charge in [0.25, 0.3) is 0 Å². The molecular weight excluding hydrogens is 266 g/mol. The Bertz CT molecular complexity index is 631. The van der Waals surface area contributed by atoms with Crippen molar-refractivity contribution in [1.29, 1.82) is 0 Å². The van der Waals surface area contributed by atoms with Crippen LogP contribution in [-0.2, 0) is 15.6 Å². The van der Waals surface area contributed by atoms with E-state index in [0.717, 1.165) is 15.6 Å². The van der Waals surface area contributed by atoms with E-state index in [1.165, 1.54) is 0 Å². The highest BCUT2D eigenvalue weighted by molar-refractivity contribution is 7.91. The van der Waals surface area contributed by atoms with Crippen molar-refractivity contribution in [2.45, 2.75) is 24.3 Å². The van der Waals surface area contributed by atoms with Crippen LogP contribution in [0.1, 0.15) is 18.9 Å². The van der Waals surface area contributed by atoms with E-state index < -0.39 is 9.84 Å². The summed E-state index contributed by atoms with van der Waals surface area (Å²) in [4.78, 5) is 0. The first-order valence-corrected chi connectivity index (χ1v) is 8.51. The summed E-state index contributed by atoms with van der Waals surface area (Å²) in [6.45, 7) is 2.14. The molecule has 3 nitrogen and oxygen atoms in total. The Morgan fingerprint density at radius 3 is 2.78 bits per heavy atom. The van der Waals surface area contributed by atoms with Gasteiger partial charge in [0, 0.05) is 4.70 Å². The Kier molecular flexibility index (Phi) is 4.04. The zero-order chi connectivity index (χ0) is 13.2. The number of sulfone groups is 1. The summed E-state index contributed by atoms with van der Waals surface area (Å²) >= 11 is 1.59. The average molecular weight is 283 g/mol. The molecule has 2 rings (SSSR count). The van der Waals surface area contributed by atoms with E-state index in [1.807, 2.05) is 29.6 Å². The number of rotatable bonds is 5. The molecule has 0 bridgehead atoms. The second-order valence-corrected chi connectivity index (χ2v) is 7.78. The minimum atomic E-state index is -3.11. The normalized spacial score (nSPS) is 13.9.